The largest absolute Gasteiger partial charge is 0.303 e. The van der Waals surface area contributed by atoms with Crippen molar-refractivity contribution in [3.05, 3.63) is 18.3 Å². The van der Waals surface area contributed by atoms with Crippen molar-refractivity contribution in [2.45, 2.75) is 4.90 Å². The smallest absolute Gasteiger partial charge is 0.179 e. The summed E-state index contributed by atoms with van der Waals surface area (Å²) in [5.41, 5.74) is 2.82. The third-order valence-corrected chi connectivity index (χ3v) is 2.63. The summed E-state index contributed by atoms with van der Waals surface area (Å²) in [6.07, 6.45) is 2.70. The van der Waals surface area contributed by atoms with Crippen molar-refractivity contribution in [1.29, 1.82) is 0 Å². The first-order valence-electron chi connectivity index (χ1n) is 4.00. The minimum absolute atomic E-state index is 0.203. The van der Waals surface area contributed by atoms with Gasteiger partial charge in [-0.1, -0.05) is 0 Å². The number of hydrazine groups is 1. The van der Waals surface area contributed by atoms with Crippen molar-refractivity contribution in [2.24, 2.45) is 0 Å². The fraction of sp³-hybridized carbons (Fsp3) is 0.375. The molecule has 1 aromatic heterocycles. The van der Waals surface area contributed by atoms with Gasteiger partial charge in [-0.15, -0.1) is 0 Å². The van der Waals surface area contributed by atoms with Crippen LogP contribution in [0.5, 0.6) is 0 Å². The normalized spacial score (nSPS) is 11.7. The lowest BCUT2D eigenvalue weighted by Crippen LogP contribution is -2.22. The van der Waals surface area contributed by atoms with E-state index in [0.29, 0.717) is 5.82 Å². The van der Waals surface area contributed by atoms with E-state index >= 15 is 0 Å². The van der Waals surface area contributed by atoms with E-state index in [4.69, 9.17) is 0 Å². The second-order valence-electron chi connectivity index (χ2n) is 3.13. The predicted octanol–water partition coefficient (Wildman–Crippen LogP) is 0.374. The van der Waals surface area contributed by atoms with Crippen LogP contribution in [0.25, 0.3) is 0 Å². The van der Waals surface area contributed by atoms with Gasteiger partial charge in [0.1, 0.15) is 4.90 Å². The number of sulfone groups is 1. The third-order valence-electron chi connectivity index (χ3n) is 1.50. The van der Waals surface area contributed by atoms with Gasteiger partial charge in [0.2, 0.25) is 0 Å². The van der Waals surface area contributed by atoms with Crippen molar-refractivity contribution in [2.75, 3.05) is 25.8 Å². The van der Waals surface area contributed by atoms with Crippen LogP contribution >= 0.6 is 0 Å². The Balaban J connectivity index is 3.17. The van der Waals surface area contributed by atoms with Gasteiger partial charge in [0.05, 0.1) is 0 Å². The molecule has 6 heteroatoms. The standard InChI is InChI=1S/C8H13N3O2S/c1-11(2)10-8-7(14(3,12)13)5-4-6-9-8/h4-6H,1-3H3,(H,9,10). The number of pyridine rings is 1. The van der Waals surface area contributed by atoms with Gasteiger partial charge >= 0.3 is 0 Å². The van der Waals surface area contributed by atoms with E-state index in [-0.39, 0.29) is 4.90 Å². The molecular formula is C8H13N3O2S. The molecule has 5 nitrogen and oxygen atoms in total. The highest BCUT2D eigenvalue weighted by molar-refractivity contribution is 7.90. The average molecular weight is 215 g/mol. The van der Waals surface area contributed by atoms with Crippen molar-refractivity contribution in [1.82, 2.24) is 9.99 Å². The van der Waals surface area contributed by atoms with Crippen LogP contribution < -0.4 is 5.43 Å². The number of nitrogens with one attached hydrogen (secondary N) is 1. The minimum atomic E-state index is -3.23. The summed E-state index contributed by atoms with van der Waals surface area (Å²) in [6.45, 7) is 0. The summed E-state index contributed by atoms with van der Waals surface area (Å²) in [5.74, 6) is 0.347. The highest BCUT2D eigenvalue weighted by Gasteiger charge is 2.13. The van der Waals surface area contributed by atoms with Crippen LogP contribution in [0.4, 0.5) is 5.82 Å². The Bertz CT molecular complexity index is 414. The number of rotatable bonds is 3. The van der Waals surface area contributed by atoms with E-state index in [2.05, 4.69) is 10.4 Å². The molecule has 0 unspecified atom stereocenters. The molecule has 0 aliphatic rings. The Hall–Kier alpha value is -1.14. The van der Waals surface area contributed by atoms with Crippen molar-refractivity contribution >= 4 is 15.7 Å². The number of hydrogen-bond donors (Lipinski definition) is 1. The van der Waals surface area contributed by atoms with Gasteiger partial charge in [0, 0.05) is 26.5 Å². The molecule has 0 amide bonds. The maximum Gasteiger partial charge on any atom is 0.179 e. The van der Waals surface area contributed by atoms with Crippen LogP contribution in [-0.2, 0) is 9.84 Å². The second-order valence-corrected chi connectivity index (χ2v) is 5.11. The summed E-state index contributed by atoms with van der Waals surface area (Å²) in [5, 5.41) is 1.64. The minimum Gasteiger partial charge on any atom is -0.303 e. The molecule has 0 radical (unpaired) electrons. The summed E-state index contributed by atoms with van der Waals surface area (Å²) >= 11 is 0. The lowest BCUT2D eigenvalue weighted by Gasteiger charge is -2.14. The summed E-state index contributed by atoms with van der Waals surface area (Å²) in [4.78, 5) is 4.16. The molecule has 0 bridgehead atoms. The van der Waals surface area contributed by atoms with Crippen molar-refractivity contribution in [3.8, 4) is 0 Å². The molecule has 1 heterocycles. The van der Waals surface area contributed by atoms with Crippen molar-refractivity contribution < 1.29 is 8.42 Å². The Morgan fingerprint density at radius 2 is 2.07 bits per heavy atom. The van der Waals surface area contributed by atoms with Gasteiger partial charge in [0.15, 0.2) is 15.7 Å². The number of aromatic nitrogens is 1. The van der Waals surface area contributed by atoms with Gasteiger partial charge in [-0.25, -0.2) is 18.4 Å². The van der Waals surface area contributed by atoms with Gasteiger partial charge in [-0.2, -0.15) is 0 Å². The Labute approximate surface area is 83.7 Å². The molecule has 1 rings (SSSR count). The van der Waals surface area contributed by atoms with E-state index in [9.17, 15) is 8.42 Å². The van der Waals surface area contributed by atoms with E-state index in [0.717, 1.165) is 6.26 Å². The molecule has 0 aromatic carbocycles. The van der Waals surface area contributed by atoms with Crippen LogP contribution in [-0.4, -0.2) is 38.8 Å². The van der Waals surface area contributed by atoms with Crippen LogP contribution in [0, 0.1) is 0 Å². The van der Waals surface area contributed by atoms with Gasteiger partial charge in [-0.3, -0.25) is 0 Å². The lowest BCUT2D eigenvalue weighted by atomic mass is 10.5. The first-order chi connectivity index (χ1) is 6.41. The quantitative estimate of drug-likeness (QED) is 0.738. The second kappa shape index (κ2) is 3.93. The Kier molecular flexibility index (Phi) is 3.07. The van der Waals surface area contributed by atoms with Crippen molar-refractivity contribution in [3.63, 3.8) is 0 Å². The highest BCUT2D eigenvalue weighted by atomic mass is 32.2. The summed E-state index contributed by atoms with van der Waals surface area (Å²) in [7, 11) is 0.298. The first-order valence-corrected chi connectivity index (χ1v) is 5.89. The molecule has 1 N–H and O–H groups in total. The van der Waals surface area contributed by atoms with E-state index < -0.39 is 9.84 Å². The van der Waals surface area contributed by atoms with E-state index in [1.165, 1.54) is 6.07 Å². The maximum absolute atomic E-state index is 11.3. The first kappa shape index (κ1) is 10.9. The maximum atomic E-state index is 11.3. The zero-order valence-corrected chi connectivity index (χ0v) is 9.17. The fourth-order valence-corrected chi connectivity index (χ4v) is 1.76. The van der Waals surface area contributed by atoms with Crippen LogP contribution in [0.1, 0.15) is 0 Å². The Morgan fingerprint density at radius 3 is 2.57 bits per heavy atom. The molecule has 1 aromatic rings. The number of hydrogen-bond acceptors (Lipinski definition) is 5. The molecule has 0 aliphatic carbocycles. The summed E-state index contributed by atoms with van der Waals surface area (Å²) < 4.78 is 22.7. The zero-order chi connectivity index (χ0) is 10.8. The average Bonchev–Trinajstić information content (AvgIpc) is 2.01. The zero-order valence-electron chi connectivity index (χ0n) is 8.35. The molecule has 0 atom stereocenters. The van der Waals surface area contributed by atoms with Gasteiger partial charge in [-0.05, 0) is 12.1 Å². The molecule has 0 spiro atoms. The predicted molar refractivity (Wildman–Crippen MR) is 54.7 cm³/mol. The Morgan fingerprint density at radius 1 is 1.43 bits per heavy atom. The van der Waals surface area contributed by atoms with Crippen LogP contribution in [0.3, 0.4) is 0 Å². The molecule has 78 valence electrons. The summed E-state index contributed by atoms with van der Waals surface area (Å²) in [6, 6.07) is 3.12. The molecular weight excluding hydrogens is 202 g/mol. The number of nitrogens with zero attached hydrogens (tertiary/aromatic N) is 2. The van der Waals surface area contributed by atoms with Crippen LogP contribution in [0.15, 0.2) is 23.2 Å². The third kappa shape index (κ3) is 2.68. The van der Waals surface area contributed by atoms with Crippen LogP contribution in [0.2, 0.25) is 0 Å². The molecule has 14 heavy (non-hydrogen) atoms. The highest BCUT2D eigenvalue weighted by Crippen LogP contribution is 2.17. The molecule has 0 saturated carbocycles. The topological polar surface area (TPSA) is 62.3 Å². The number of anilines is 1. The molecule has 0 saturated heterocycles. The lowest BCUT2D eigenvalue weighted by molar-refractivity contribution is 0.489. The van der Waals surface area contributed by atoms with E-state index in [1.54, 1.807) is 31.4 Å². The molecule has 0 aliphatic heterocycles. The fourth-order valence-electron chi connectivity index (χ4n) is 0.986. The van der Waals surface area contributed by atoms with Gasteiger partial charge in [0.25, 0.3) is 0 Å². The van der Waals surface area contributed by atoms with Gasteiger partial charge < -0.3 is 5.43 Å². The molecule has 0 fully saturated rings. The SMILES string of the molecule is CN(C)Nc1ncccc1S(C)(=O)=O. The monoisotopic (exact) mass is 215 g/mol. The van der Waals surface area contributed by atoms with E-state index in [1.807, 2.05) is 0 Å².